The molecule has 3 saturated heterocycles. The van der Waals surface area contributed by atoms with E-state index >= 15 is 0 Å². The summed E-state index contributed by atoms with van der Waals surface area (Å²) in [5.74, 6) is -2.41. The van der Waals surface area contributed by atoms with Crippen molar-refractivity contribution < 1.29 is 23.7 Å². The van der Waals surface area contributed by atoms with Crippen molar-refractivity contribution in [2.24, 2.45) is 11.8 Å². The maximum Gasteiger partial charge on any atom is 0.244 e. The number of amides is 2. The van der Waals surface area contributed by atoms with Crippen molar-refractivity contribution in [2.75, 3.05) is 11.4 Å². The van der Waals surface area contributed by atoms with Gasteiger partial charge in [-0.1, -0.05) is 17.7 Å². The summed E-state index contributed by atoms with van der Waals surface area (Å²) >= 11 is 6.06. The van der Waals surface area contributed by atoms with Crippen LogP contribution in [-0.2, 0) is 9.59 Å². The standard InChI is InChI=1S/C22H18ClFN2O3/c23-13-3-1-4-15(11-13)26-21(28)17-16-5-2-10-25(16)19(18(17)22(26)29)20(27)12-6-8-14(24)9-7-12/h1,3-4,6-9,11,16-19H,2,5,10H2/p+1/t16-,17-,18-,19+/m1/s1. The van der Waals surface area contributed by atoms with Crippen molar-refractivity contribution >= 4 is 34.9 Å². The van der Waals surface area contributed by atoms with Gasteiger partial charge in [-0.25, -0.2) is 9.29 Å². The van der Waals surface area contributed by atoms with Crippen molar-refractivity contribution in [1.29, 1.82) is 0 Å². The SMILES string of the molecule is O=C(c1ccc(F)cc1)[C@@H]1[C@@H]2C(=O)N(c3cccc(Cl)c3)C(=O)[C@@H]2[C@H]2CCC[NH+]21. The number of carbonyl (C=O) groups excluding carboxylic acids is 3. The predicted octanol–water partition coefficient (Wildman–Crippen LogP) is 1.90. The Morgan fingerprint density at radius 3 is 2.52 bits per heavy atom. The number of rotatable bonds is 3. The van der Waals surface area contributed by atoms with Crippen LogP contribution in [0, 0.1) is 17.7 Å². The quantitative estimate of drug-likeness (QED) is 0.617. The molecule has 0 spiro atoms. The molecule has 5 atom stereocenters. The molecule has 29 heavy (non-hydrogen) atoms. The Morgan fingerprint density at radius 1 is 1.07 bits per heavy atom. The van der Waals surface area contributed by atoms with Gasteiger partial charge in [0.2, 0.25) is 17.6 Å². The van der Waals surface area contributed by atoms with Gasteiger partial charge in [0.1, 0.15) is 23.7 Å². The number of ketones is 1. The molecule has 0 saturated carbocycles. The van der Waals surface area contributed by atoms with Gasteiger partial charge in [-0.15, -0.1) is 0 Å². The van der Waals surface area contributed by atoms with E-state index < -0.39 is 23.7 Å². The molecule has 3 aliphatic heterocycles. The molecule has 3 fully saturated rings. The predicted molar refractivity (Wildman–Crippen MR) is 104 cm³/mol. The number of halogens is 2. The molecule has 2 aromatic carbocycles. The highest BCUT2D eigenvalue weighted by molar-refractivity contribution is 6.31. The van der Waals surface area contributed by atoms with Gasteiger partial charge in [0.05, 0.1) is 12.2 Å². The second-order valence-corrected chi connectivity index (χ2v) is 8.40. The first kappa shape index (κ1) is 18.5. The first-order chi connectivity index (χ1) is 14.0. The fourth-order valence-corrected chi connectivity index (χ4v) is 5.59. The highest BCUT2D eigenvalue weighted by Crippen LogP contribution is 2.40. The lowest BCUT2D eigenvalue weighted by Crippen LogP contribution is -3.16. The van der Waals surface area contributed by atoms with E-state index in [0.717, 1.165) is 24.3 Å². The topological polar surface area (TPSA) is 58.9 Å². The highest BCUT2D eigenvalue weighted by Gasteiger charge is 2.68. The molecule has 0 aliphatic carbocycles. The Bertz CT molecular complexity index is 1020. The van der Waals surface area contributed by atoms with Crippen molar-refractivity contribution in [3.63, 3.8) is 0 Å². The van der Waals surface area contributed by atoms with Gasteiger partial charge in [-0.2, -0.15) is 0 Å². The van der Waals surface area contributed by atoms with Crippen LogP contribution in [0.4, 0.5) is 10.1 Å². The molecule has 7 heteroatoms. The number of nitrogens with zero attached hydrogens (tertiary/aromatic N) is 1. The van der Waals surface area contributed by atoms with Gasteiger partial charge >= 0.3 is 0 Å². The molecule has 0 radical (unpaired) electrons. The van der Waals surface area contributed by atoms with E-state index in [1.54, 1.807) is 24.3 Å². The number of fused-ring (bicyclic) bond motifs is 3. The Kier molecular flexibility index (Phi) is 4.29. The number of imide groups is 1. The number of nitrogens with one attached hydrogen (secondary N) is 1. The molecule has 0 aromatic heterocycles. The molecule has 2 aromatic rings. The Morgan fingerprint density at radius 2 is 1.79 bits per heavy atom. The van der Waals surface area contributed by atoms with E-state index in [9.17, 15) is 18.8 Å². The number of quaternary nitrogens is 1. The van der Waals surface area contributed by atoms with Crippen molar-refractivity contribution in [2.45, 2.75) is 24.9 Å². The third-order valence-electron chi connectivity index (χ3n) is 6.52. The number of Topliss-reactive ketones (excluding diaryl/α,β-unsaturated/α-hetero) is 1. The van der Waals surface area contributed by atoms with Crippen LogP contribution in [0.5, 0.6) is 0 Å². The summed E-state index contributed by atoms with van der Waals surface area (Å²) in [6.45, 7) is 0.757. The van der Waals surface area contributed by atoms with E-state index in [2.05, 4.69) is 0 Å². The van der Waals surface area contributed by atoms with Gasteiger partial charge in [0.15, 0.2) is 6.04 Å². The van der Waals surface area contributed by atoms with Crippen LogP contribution >= 0.6 is 11.6 Å². The lowest BCUT2D eigenvalue weighted by Gasteiger charge is -2.25. The summed E-state index contributed by atoms with van der Waals surface area (Å²) in [6, 6.07) is 11.4. The third-order valence-corrected chi connectivity index (χ3v) is 6.76. The molecular formula is C22H19ClFN2O3+. The van der Waals surface area contributed by atoms with Crippen LogP contribution in [0.1, 0.15) is 23.2 Å². The summed E-state index contributed by atoms with van der Waals surface area (Å²) in [5, 5.41) is 0.437. The second-order valence-electron chi connectivity index (χ2n) is 7.97. The molecule has 2 amide bonds. The molecule has 0 bridgehead atoms. The lowest BCUT2D eigenvalue weighted by molar-refractivity contribution is -0.915. The monoisotopic (exact) mass is 413 g/mol. The lowest BCUT2D eigenvalue weighted by atomic mass is 9.85. The van der Waals surface area contributed by atoms with E-state index in [1.807, 2.05) is 0 Å². The number of hydrogen-bond donors (Lipinski definition) is 1. The van der Waals surface area contributed by atoms with Crippen LogP contribution in [-0.4, -0.2) is 36.2 Å². The molecule has 5 rings (SSSR count). The van der Waals surface area contributed by atoms with Gasteiger partial charge in [0.25, 0.3) is 0 Å². The zero-order chi connectivity index (χ0) is 20.3. The van der Waals surface area contributed by atoms with Gasteiger partial charge in [0, 0.05) is 23.4 Å². The zero-order valence-corrected chi connectivity index (χ0v) is 16.2. The minimum absolute atomic E-state index is 0.0463. The minimum atomic E-state index is -0.695. The average molecular weight is 414 g/mol. The minimum Gasteiger partial charge on any atom is -0.322 e. The molecule has 1 unspecified atom stereocenters. The van der Waals surface area contributed by atoms with E-state index in [-0.39, 0.29) is 23.6 Å². The van der Waals surface area contributed by atoms with Crippen LogP contribution in [0.25, 0.3) is 0 Å². The van der Waals surface area contributed by atoms with Crippen molar-refractivity contribution in [3.05, 3.63) is 64.9 Å². The molecule has 3 aliphatic rings. The summed E-state index contributed by atoms with van der Waals surface area (Å²) in [4.78, 5) is 42.2. The molecule has 5 nitrogen and oxygen atoms in total. The maximum atomic E-state index is 13.4. The third kappa shape index (κ3) is 2.74. The molecular weight excluding hydrogens is 395 g/mol. The second kappa shape index (κ2) is 6.75. The normalized spacial score (nSPS) is 30.6. The number of carbonyl (C=O) groups is 3. The van der Waals surface area contributed by atoms with Crippen LogP contribution in [0.2, 0.25) is 5.02 Å². The van der Waals surface area contributed by atoms with Gasteiger partial charge in [-0.3, -0.25) is 14.4 Å². The van der Waals surface area contributed by atoms with Crippen molar-refractivity contribution in [1.82, 2.24) is 0 Å². The summed E-state index contributed by atoms with van der Waals surface area (Å²) in [6.07, 6.45) is 1.72. The Balaban J connectivity index is 1.55. The smallest absolute Gasteiger partial charge is 0.244 e. The van der Waals surface area contributed by atoms with E-state index in [0.29, 0.717) is 16.3 Å². The first-order valence-electron chi connectivity index (χ1n) is 9.76. The fourth-order valence-electron chi connectivity index (χ4n) is 5.40. The molecule has 3 heterocycles. The molecule has 148 valence electrons. The number of hydrogen-bond acceptors (Lipinski definition) is 3. The highest BCUT2D eigenvalue weighted by atomic mass is 35.5. The van der Waals surface area contributed by atoms with Gasteiger partial charge < -0.3 is 4.90 Å². The maximum absolute atomic E-state index is 13.4. The molecule has 1 N–H and O–H groups in total. The number of benzene rings is 2. The number of anilines is 1. The zero-order valence-electron chi connectivity index (χ0n) is 15.5. The largest absolute Gasteiger partial charge is 0.322 e. The van der Waals surface area contributed by atoms with Crippen molar-refractivity contribution in [3.8, 4) is 0 Å². The Hall–Kier alpha value is -2.57. The van der Waals surface area contributed by atoms with E-state index in [1.165, 1.54) is 29.2 Å². The summed E-state index contributed by atoms with van der Waals surface area (Å²) in [7, 11) is 0. The van der Waals surface area contributed by atoms with Crippen LogP contribution in [0.15, 0.2) is 48.5 Å². The average Bonchev–Trinajstić information content (AvgIpc) is 3.34. The van der Waals surface area contributed by atoms with Gasteiger partial charge in [-0.05, 0) is 42.5 Å². The summed E-state index contributed by atoms with van der Waals surface area (Å²) in [5.41, 5.74) is 0.811. The summed E-state index contributed by atoms with van der Waals surface area (Å²) < 4.78 is 13.3. The van der Waals surface area contributed by atoms with Crippen LogP contribution in [0.3, 0.4) is 0 Å². The fraction of sp³-hybridized carbons (Fsp3) is 0.318. The first-order valence-corrected chi connectivity index (χ1v) is 10.1. The van der Waals surface area contributed by atoms with E-state index in [4.69, 9.17) is 11.6 Å². The Labute approximate surface area is 172 Å². The van der Waals surface area contributed by atoms with Crippen LogP contribution < -0.4 is 9.80 Å².